The van der Waals surface area contributed by atoms with Crippen LogP contribution in [0.3, 0.4) is 0 Å². The van der Waals surface area contributed by atoms with Crippen molar-refractivity contribution in [3.8, 4) is 0 Å². The van der Waals surface area contributed by atoms with Gasteiger partial charge in [-0.05, 0) is 43.0 Å². The summed E-state index contributed by atoms with van der Waals surface area (Å²) in [6.07, 6.45) is 1.56. The zero-order valence-electron chi connectivity index (χ0n) is 16.3. The molecule has 1 aromatic heterocycles. The number of carbonyl (C=O) groups excluding carboxylic acids is 2. The van der Waals surface area contributed by atoms with Gasteiger partial charge in [-0.15, -0.1) is 0 Å². The molecule has 0 aliphatic heterocycles. The molecule has 1 aromatic carbocycles. The SMILES string of the molecule is CC(C)OCc1ccccc1CNC(=O)C(NC(=O)c1ccco1)C(C)C. The predicted octanol–water partition coefficient (Wildman–Crippen LogP) is 3.28. The summed E-state index contributed by atoms with van der Waals surface area (Å²) in [5.74, 6) is -0.517. The third-order valence-electron chi connectivity index (χ3n) is 4.12. The highest BCUT2D eigenvalue weighted by molar-refractivity contribution is 5.95. The van der Waals surface area contributed by atoms with Gasteiger partial charge in [0, 0.05) is 6.54 Å². The molecule has 0 aliphatic carbocycles. The average Bonchev–Trinajstić information content (AvgIpc) is 3.17. The summed E-state index contributed by atoms with van der Waals surface area (Å²) in [7, 11) is 0. The molecule has 2 rings (SSSR count). The first-order valence-corrected chi connectivity index (χ1v) is 9.19. The number of nitrogens with one attached hydrogen (secondary N) is 2. The predicted molar refractivity (Wildman–Crippen MR) is 103 cm³/mol. The van der Waals surface area contributed by atoms with E-state index >= 15 is 0 Å². The molecule has 1 heterocycles. The monoisotopic (exact) mass is 372 g/mol. The van der Waals surface area contributed by atoms with Gasteiger partial charge >= 0.3 is 0 Å². The summed E-state index contributed by atoms with van der Waals surface area (Å²) in [5, 5.41) is 5.66. The Bertz CT molecular complexity index is 738. The fraction of sp³-hybridized carbons (Fsp3) is 0.429. The van der Waals surface area contributed by atoms with Crippen LogP contribution in [0.4, 0.5) is 0 Å². The highest BCUT2D eigenvalue weighted by Crippen LogP contribution is 2.12. The molecule has 27 heavy (non-hydrogen) atoms. The van der Waals surface area contributed by atoms with Crippen molar-refractivity contribution in [2.24, 2.45) is 5.92 Å². The maximum Gasteiger partial charge on any atom is 0.287 e. The van der Waals surface area contributed by atoms with Gasteiger partial charge in [0.15, 0.2) is 5.76 Å². The zero-order valence-corrected chi connectivity index (χ0v) is 16.3. The smallest absolute Gasteiger partial charge is 0.287 e. The molecular formula is C21H28N2O4. The topological polar surface area (TPSA) is 80.6 Å². The van der Waals surface area contributed by atoms with E-state index in [9.17, 15) is 9.59 Å². The average molecular weight is 372 g/mol. The summed E-state index contributed by atoms with van der Waals surface area (Å²) in [6, 6.07) is 10.4. The number of hydrogen-bond donors (Lipinski definition) is 2. The summed E-state index contributed by atoms with van der Waals surface area (Å²) < 4.78 is 10.8. The standard InChI is InChI=1S/C21H28N2O4/c1-14(2)19(23-20(24)18-10-7-11-26-18)21(25)22-12-16-8-5-6-9-17(16)13-27-15(3)4/h5-11,14-15,19H,12-13H2,1-4H3,(H,22,25)(H,23,24). The molecule has 0 spiro atoms. The van der Waals surface area contributed by atoms with Crippen LogP contribution in [0.1, 0.15) is 49.4 Å². The van der Waals surface area contributed by atoms with Crippen LogP contribution in [0.2, 0.25) is 0 Å². The van der Waals surface area contributed by atoms with Crippen LogP contribution in [0, 0.1) is 5.92 Å². The number of rotatable bonds is 9. The van der Waals surface area contributed by atoms with Gasteiger partial charge in [0.25, 0.3) is 5.91 Å². The van der Waals surface area contributed by atoms with Crippen LogP contribution < -0.4 is 10.6 Å². The summed E-state index contributed by atoms with van der Waals surface area (Å²) in [5.41, 5.74) is 2.03. The first kappa shape index (κ1) is 20.7. The van der Waals surface area contributed by atoms with Gasteiger partial charge < -0.3 is 19.8 Å². The third kappa shape index (κ3) is 6.25. The summed E-state index contributed by atoms with van der Waals surface area (Å²) >= 11 is 0. The van der Waals surface area contributed by atoms with Crippen LogP contribution in [0.25, 0.3) is 0 Å². The van der Waals surface area contributed by atoms with Crippen LogP contribution in [0.15, 0.2) is 47.1 Å². The van der Waals surface area contributed by atoms with Crippen molar-refractivity contribution in [2.75, 3.05) is 0 Å². The zero-order chi connectivity index (χ0) is 19.8. The van der Waals surface area contributed by atoms with Crippen molar-refractivity contribution in [1.29, 1.82) is 0 Å². The van der Waals surface area contributed by atoms with Gasteiger partial charge in [0.05, 0.1) is 19.0 Å². The van der Waals surface area contributed by atoms with Crippen molar-refractivity contribution in [3.05, 3.63) is 59.5 Å². The maximum atomic E-state index is 12.7. The molecule has 1 atom stereocenters. The lowest BCUT2D eigenvalue weighted by Gasteiger charge is -2.21. The summed E-state index contributed by atoms with van der Waals surface area (Å²) in [6.45, 7) is 8.61. The fourth-order valence-corrected chi connectivity index (χ4v) is 2.57. The molecular weight excluding hydrogens is 344 g/mol. The Morgan fingerprint density at radius 3 is 2.33 bits per heavy atom. The Balaban J connectivity index is 1.99. The van der Waals surface area contributed by atoms with E-state index < -0.39 is 11.9 Å². The fourth-order valence-electron chi connectivity index (χ4n) is 2.57. The van der Waals surface area contributed by atoms with E-state index in [4.69, 9.17) is 9.15 Å². The molecule has 0 fully saturated rings. The number of hydrogen-bond acceptors (Lipinski definition) is 4. The minimum Gasteiger partial charge on any atom is -0.459 e. The molecule has 2 aromatic rings. The minimum atomic E-state index is -0.651. The Kier molecular flexibility index (Phi) is 7.61. The third-order valence-corrected chi connectivity index (χ3v) is 4.12. The van der Waals surface area contributed by atoms with E-state index in [1.807, 2.05) is 52.0 Å². The highest BCUT2D eigenvalue weighted by atomic mass is 16.5. The van der Waals surface area contributed by atoms with Gasteiger partial charge in [0.2, 0.25) is 5.91 Å². The lowest BCUT2D eigenvalue weighted by atomic mass is 10.0. The summed E-state index contributed by atoms with van der Waals surface area (Å²) in [4.78, 5) is 24.9. The van der Waals surface area contributed by atoms with E-state index in [2.05, 4.69) is 10.6 Å². The second-order valence-electron chi connectivity index (χ2n) is 7.02. The molecule has 0 aliphatic rings. The van der Waals surface area contributed by atoms with Crippen molar-refractivity contribution >= 4 is 11.8 Å². The molecule has 0 bridgehead atoms. The van der Waals surface area contributed by atoms with Crippen LogP contribution >= 0.6 is 0 Å². The number of benzene rings is 1. The molecule has 6 heteroatoms. The van der Waals surface area contributed by atoms with Gasteiger partial charge in [-0.25, -0.2) is 0 Å². The van der Waals surface area contributed by atoms with Crippen LogP contribution in [-0.4, -0.2) is 24.0 Å². The lowest BCUT2D eigenvalue weighted by molar-refractivity contribution is -0.124. The Morgan fingerprint density at radius 1 is 1.04 bits per heavy atom. The van der Waals surface area contributed by atoms with E-state index in [1.165, 1.54) is 6.26 Å². The van der Waals surface area contributed by atoms with E-state index in [0.29, 0.717) is 13.2 Å². The Hall–Kier alpha value is -2.60. The normalized spacial score (nSPS) is 12.2. The van der Waals surface area contributed by atoms with Gasteiger partial charge in [-0.3, -0.25) is 9.59 Å². The minimum absolute atomic E-state index is 0.0663. The molecule has 2 amide bonds. The number of carbonyl (C=O) groups is 2. The van der Waals surface area contributed by atoms with Gasteiger partial charge in [-0.2, -0.15) is 0 Å². The molecule has 0 radical (unpaired) electrons. The molecule has 0 saturated heterocycles. The van der Waals surface area contributed by atoms with Crippen molar-refractivity contribution in [3.63, 3.8) is 0 Å². The largest absolute Gasteiger partial charge is 0.459 e. The second-order valence-corrected chi connectivity index (χ2v) is 7.02. The first-order chi connectivity index (χ1) is 12.9. The van der Waals surface area contributed by atoms with E-state index in [0.717, 1.165) is 11.1 Å². The van der Waals surface area contributed by atoms with Crippen molar-refractivity contribution in [2.45, 2.75) is 53.0 Å². The Morgan fingerprint density at radius 2 is 1.74 bits per heavy atom. The van der Waals surface area contributed by atoms with Crippen LogP contribution in [-0.2, 0) is 22.7 Å². The van der Waals surface area contributed by atoms with Gasteiger partial charge in [0.1, 0.15) is 6.04 Å². The molecule has 1 unspecified atom stereocenters. The molecule has 6 nitrogen and oxygen atoms in total. The molecule has 0 saturated carbocycles. The first-order valence-electron chi connectivity index (χ1n) is 9.19. The van der Waals surface area contributed by atoms with E-state index in [-0.39, 0.29) is 23.7 Å². The van der Waals surface area contributed by atoms with E-state index in [1.54, 1.807) is 12.1 Å². The maximum absolute atomic E-state index is 12.7. The van der Waals surface area contributed by atoms with Crippen LogP contribution in [0.5, 0.6) is 0 Å². The number of furan rings is 1. The second kappa shape index (κ2) is 9.92. The van der Waals surface area contributed by atoms with Gasteiger partial charge in [-0.1, -0.05) is 38.1 Å². The number of ether oxygens (including phenoxy) is 1. The molecule has 146 valence electrons. The quantitative estimate of drug-likeness (QED) is 0.708. The lowest BCUT2D eigenvalue weighted by Crippen LogP contribution is -2.49. The highest BCUT2D eigenvalue weighted by Gasteiger charge is 2.25. The Labute approximate surface area is 160 Å². The van der Waals surface area contributed by atoms with Crippen molar-refractivity contribution in [1.82, 2.24) is 10.6 Å². The molecule has 2 N–H and O–H groups in total. The van der Waals surface area contributed by atoms with Crippen molar-refractivity contribution < 1.29 is 18.7 Å². The number of amides is 2.